The van der Waals surface area contributed by atoms with E-state index in [1.807, 2.05) is 19.1 Å². The van der Waals surface area contributed by atoms with Gasteiger partial charge in [-0.25, -0.2) is 0 Å². The minimum absolute atomic E-state index is 0.0195. The van der Waals surface area contributed by atoms with Crippen LogP contribution in [-0.2, 0) is 0 Å². The first-order chi connectivity index (χ1) is 6.88. The summed E-state index contributed by atoms with van der Waals surface area (Å²) in [7, 11) is 0. The Labute approximate surface area is 91.5 Å². The summed E-state index contributed by atoms with van der Waals surface area (Å²) in [6.07, 6.45) is 1.24. The molecular weight excluding hydrogens is 188 g/mol. The maximum Gasteiger partial charge on any atom is 0.108 e. The van der Waals surface area contributed by atoms with Crippen molar-refractivity contribution in [2.45, 2.75) is 39.3 Å². The third kappa shape index (κ3) is 4.40. The van der Waals surface area contributed by atoms with E-state index in [1.54, 1.807) is 6.20 Å². The van der Waals surface area contributed by atoms with E-state index in [2.05, 4.69) is 31.1 Å². The van der Waals surface area contributed by atoms with Crippen molar-refractivity contribution in [1.82, 2.24) is 10.3 Å². The Morgan fingerprint density at radius 1 is 1.40 bits per heavy atom. The maximum absolute atomic E-state index is 9.85. The highest BCUT2D eigenvalue weighted by Crippen LogP contribution is 2.10. The van der Waals surface area contributed by atoms with Gasteiger partial charge in [0.2, 0.25) is 0 Å². The molecule has 0 saturated carbocycles. The van der Waals surface area contributed by atoms with Crippen molar-refractivity contribution in [3.8, 4) is 0 Å². The second-order valence-electron chi connectivity index (χ2n) is 4.91. The van der Waals surface area contributed by atoms with Gasteiger partial charge in [0.1, 0.15) is 6.10 Å². The van der Waals surface area contributed by atoms with Crippen LogP contribution in [0.15, 0.2) is 18.3 Å². The van der Waals surface area contributed by atoms with Crippen LogP contribution in [0.25, 0.3) is 0 Å². The van der Waals surface area contributed by atoms with Crippen molar-refractivity contribution in [3.05, 3.63) is 29.6 Å². The van der Waals surface area contributed by atoms with Gasteiger partial charge in [-0.3, -0.25) is 4.98 Å². The van der Waals surface area contributed by atoms with Gasteiger partial charge in [0.15, 0.2) is 0 Å². The van der Waals surface area contributed by atoms with Gasteiger partial charge in [-0.2, -0.15) is 0 Å². The molecule has 1 heterocycles. The van der Waals surface area contributed by atoms with Crippen LogP contribution in [-0.4, -0.2) is 22.2 Å². The van der Waals surface area contributed by atoms with E-state index < -0.39 is 6.10 Å². The van der Waals surface area contributed by atoms with E-state index in [9.17, 15) is 5.11 Å². The van der Waals surface area contributed by atoms with Crippen LogP contribution >= 0.6 is 0 Å². The van der Waals surface area contributed by atoms with Gasteiger partial charge in [0, 0.05) is 18.3 Å². The Kier molecular flexibility index (Phi) is 3.83. The lowest BCUT2D eigenvalue weighted by Gasteiger charge is -2.22. The number of aliphatic hydroxyl groups is 1. The minimum atomic E-state index is -0.537. The average molecular weight is 208 g/mol. The number of nitrogens with zero attached hydrogens (tertiary/aromatic N) is 1. The van der Waals surface area contributed by atoms with E-state index >= 15 is 0 Å². The fraction of sp³-hybridized carbons (Fsp3) is 0.583. The molecule has 15 heavy (non-hydrogen) atoms. The van der Waals surface area contributed by atoms with Crippen molar-refractivity contribution in [2.24, 2.45) is 0 Å². The lowest BCUT2D eigenvalue weighted by molar-refractivity contribution is 0.159. The molecule has 1 aromatic rings. The van der Waals surface area contributed by atoms with Gasteiger partial charge < -0.3 is 10.4 Å². The van der Waals surface area contributed by atoms with Crippen LogP contribution in [0, 0.1) is 6.92 Å². The number of aryl methyl sites for hydroxylation is 1. The molecule has 0 aromatic carbocycles. The standard InChI is InChI=1S/C12H20N2O/c1-9-5-6-10(13-7-9)11(15)8-14-12(2,3)4/h5-7,11,14-15H,8H2,1-4H3. The predicted molar refractivity (Wildman–Crippen MR) is 61.7 cm³/mol. The third-order valence-electron chi connectivity index (χ3n) is 2.10. The van der Waals surface area contributed by atoms with Crippen molar-refractivity contribution in [2.75, 3.05) is 6.54 Å². The number of β-amino-alcohol motifs (C(OH)–C–C–N with tert-alkyl or cyclic N) is 1. The van der Waals surface area contributed by atoms with Crippen LogP contribution in [0.3, 0.4) is 0 Å². The van der Waals surface area contributed by atoms with Crippen LogP contribution in [0.2, 0.25) is 0 Å². The molecular formula is C12H20N2O. The zero-order chi connectivity index (χ0) is 11.5. The third-order valence-corrected chi connectivity index (χ3v) is 2.10. The normalized spacial score (nSPS) is 13.9. The summed E-state index contributed by atoms with van der Waals surface area (Å²) in [4.78, 5) is 4.19. The van der Waals surface area contributed by atoms with Crippen LogP contribution < -0.4 is 5.32 Å². The predicted octanol–water partition coefficient (Wildman–Crippen LogP) is 1.81. The highest BCUT2D eigenvalue weighted by Gasteiger charge is 2.13. The van der Waals surface area contributed by atoms with Gasteiger partial charge in [-0.05, 0) is 39.3 Å². The molecule has 84 valence electrons. The fourth-order valence-electron chi connectivity index (χ4n) is 1.18. The molecule has 1 aromatic heterocycles. The molecule has 3 nitrogen and oxygen atoms in total. The molecule has 0 aliphatic heterocycles. The Hall–Kier alpha value is -0.930. The number of hydrogen-bond acceptors (Lipinski definition) is 3. The molecule has 1 unspecified atom stereocenters. The van der Waals surface area contributed by atoms with Gasteiger partial charge in [-0.15, -0.1) is 0 Å². The van der Waals surface area contributed by atoms with Gasteiger partial charge in [0.05, 0.1) is 5.69 Å². The molecule has 0 radical (unpaired) electrons. The van der Waals surface area contributed by atoms with E-state index in [4.69, 9.17) is 0 Å². The Balaban J connectivity index is 2.54. The Bertz CT molecular complexity index is 300. The fourth-order valence-corrected chi connectivity index (χ4v) is 1.18. The first kappa shape index (κ1) is 12.1. The molecule has 0 aliphatic carbocycles. The van der Waals surface area contributed by atoms with Crippen LogP contribution in [0.5, 0.6) is 0 Å². The Morgan fingerprint density at radius 2 is 2.07 bits per heavy atom. The summed E-state index contributed by atoms with van der Waals surface area (Å²) in [6.45, 7) is 8.73. The Morgan fingerprint density at radius 3 is 2.53 bits per heavy atom. The molecule has 0 aliphatic rings. The molecule has 0 saturated heterocycles. The zero-order valence-corrected chi connectivity index (χ0v) is 9.91. The van der Waals surface area contributed by atoms with Crippen LogP contribution in [0.4, 0.5) is 0 Å². The highest BCUT2D eigenvalue weighted by atomic mass is 16.3. The van der Waals surface area contributed by atoms with E-state index in [0.29, 0.717) is 6.54 Å². The molecule has 1 atom stereocenters. The maximum atomic E-state index is 9.85. The lowest BCUT2D eigenvalue weighted by atomic mass is 10.1. The summed E-state index contributed by atoms with van der Waals surface area (Å²) in [5, 5.41) is 13.1. The first-order valence-corrected chi connectivity index (χ1v) is 5.24. The van der Waals surface area contributed by atoms with Crippen molar-refractivity contribution >= 4 is 0 Å². The van der Waals surface area contributed by atoms with Crippen molar-refractivity contribution in [3.63, 3.8) is 0 Å². The summed E-state index contributed by atoms with van der Waals surface area (Å²) in [5.41, 5.74) is 1.85. The summed E-state index contributed by atoms with van der Waals surface area (Å²) < 4.78 is 0. The summed E-state index contributed by atoms with van der Waals surface area (Å²) in [5.74, 6) is 0. The van der Waals surface area contributed by atoms with Gasteiger partial charge in [0.25, 0.3) is 0 Å². The smallest absolute Gasteiger partial charge is 0.108 e. The monoisotopic (exact) mass is 208 g/mol. The number of nitrogens with one attached hydrogen (secondary N) is 1. The minimum Gasteiger partial charge on any atom is -0.385 e. The molecule has 0 fully saturated rings. The topological polar surface area (TPSA) is 45.1 Å². The van der Waals surface area contributed by atoms with E-state index in [0.717, 1.165) is 11.3 Å². The number of pyridine rings is 1. The summed E-state index contributed by atoms with van der Waals surface area (Å²) in [6, 6.07) is 3.83. The molecule has 0 bridgehead atoms. The van der Waals surface area contributed by atoms with E-state index in [1.165, 1.54) is 0 Å². The number of hydrogen-bond donors (Lipinski definition) is 2. The number of aromatic nitrogens is 1. The molecule has 3 heteroatoms. The quantitative estimate of drug-likeness (QED) is 0.796. The average Bonchev–Trinajstić information content (AvgIpc) is 2.14. The molecule has 2 N–H and O–H groups in total. The van der Waals surface area contributed by atoms with Crippen molar-refractivity contribution in [1.29, 1.82) is 0 Å². The molecule has 1 rings (SSSR count). The zero-order valence-electron chi connectivity index (χ0n) is 9.91. The molecule has 0 amide bonds. The lowest BCUT2D eigenvalue weighted by Crippen LogP contribution is -2.38. The second-order valence-corrected chi connectivity index (χ2v) is 4.91. The number of aliphatic hydroxyl groups excluding tert-OH is 1. The largest absolute Gasteiger partial charge is 0.385 e. The van der Waals surface area contributed by atoms with Gasteiger partial charge >= 0.3 is 0 Å². The second kappa shape index (κ2) is 4.73. The molecule has 0 spiro atoms. The highest BCUT2D eigenvalue weighted by molar-refractivity contribution is 5.14. The number of rotatable bonds is 3. The summed E-state index contributed by atoms with van der Waals surface area (Å²) >= 11 is 0. The van der Waals surface area contributed by atoms with E-state index in [-0.39, 0.29) is 5.54 Å². The van der Waals surface area contributed by atoms with Gasteiger partial charge in [-0.1, -0.05) is 6.07 Å². The van der Waals surface area contributed by atoms with Crippen LogP contribution in [0.1, 0.15) is 38.1 Å². The first-order valence-electron chi connectivity index (χ1n) is 5.24. The SMILES string of the molecule is Cc1ccc(C(O)CNC(C)(C)C)nc1. The van der Waals surface area contributed by atoms with Crippen molar-refractivity contribution < 1.29 is 5.11 Å².